The van der Waals surface area contributed by atoms with Crippen molar-refractivity contribution in [3.05, 3.63) is 59.9 Å². The summed E-state index contributed by atoms with van der Waals surface area (Å²) in [6.45, 7) is 0.752. The molecule has 0 unspecified atom stereocenters. The van der Waals surface area contributed by atoms with Gasteiger partial charge in [0.25, 0.3) is 0 Å². The van der Waals surface area contributed by atoms with Gasteiger partial charge in [-0.05, 0) is 36.7 Å². The minimum absolute atomic E-state index is 0.0548. The maximum atomic E-state index is 14.5. The average Bonchev–Trinajstić information content (AvgIpc) is 2.64. The molecule has 1 aliphatic heterocycles. The van der Waals surface area contributed by atoms with E-state index < -0.39 is 24.1 Å². The normalized spacial score (nSPS) is 19.8. The number of ether oxygens (including phenoxy) is 1. The molecule has 5 nitrogen and oxygen atoms in total. The van der Waals surface area contributed by atoms with Crippen molar-refractivity contribution in [2.45, 2.75) is 25.2 Å². The van der Waals surface area contributed by atoms with Crippen LogP contribution in [0.3, 0.4) is 0 Å². The molecular formula is C19H21F2N3O2. The summed E-state index contributed by atoms with van der Waals surface area (Å²) in [5, 5.41) is 2.95. The highest BCUT2D eigenvalue weighted by molar-refractivity contribution is 5.92. The van der Waals surface area contributed by atoms with Crippen LogP contribution in [0.5, 0.6) is 0 Å². The van der Waals surface area contributed by atoms with E-state index in [1.807, 2.05) is 30.3 Å². The van der Waals surface area contributed by atoms with Crippen LogP contribution in [0, 0.1) is 5.82 Å². The first-order valence-corrected chi connectivity index (χ1v) is 8.46. The number of carbonyl (C=O) groups excluding carboxylic acids is 1. The summed E-state index contributed by atoms with van der Waals surface area (Å²) in [7, 11) is 0. The van der Waals surface area contributed by atoms with Gasteiger partial charge in [-0.1, -0.05) is 30.3 Å². The molecule has 0 saturated carbocycles. The summed E-state index contributed by atoms with van der Waals surface area (Å²) in [5.41, 5.74) is 7.02. The number of amides is 1. The van der Waals surface area contributed by atoms with Crippen molar-refractivity contribution in [1.82, 2.24) is 5.32 Å². The first-order valence-electron chi connectivity index (χ1n) is 8.46. The number of anilines is 2. The van der Waals surface area contributed by atoms with Crippen LogP contribution in [0.1, 0.15) is 12.0 Å². The Hall–Kier alpha value is -2.67. The SMILES string of the molecule is Nc1cc(F)ccc1N(C(=O)OCc1ccccc1)[C@@H]1CCNC[C@@H]1F. The van der Waals surface area contributed by atoms with Gasteiger partial charge < -0.3 is 15.8 Å². The Kier molecular flexibility index (Phi) is 5.68. The molecule has 3 N–H and O–H groups in total. The number of hydrogen-bond donors (Lipinski definition) is 2. The number of nitrogens with two attached hydrogens (primary N) is 1. The first kappa shape index (κ1) is 18.1. The molecule has 2 atom stereocenters. The Labute approximate surface area is 150 Å². The molecule has 26 heavy (non-hydrogen) atoms. The lowest BCUT2D eigenvalue weighted by molar-refractivity contribution is 0.135. The molecule has 1 saturated heterocycles. The molecule has 3 rings (SSSR count). The molecule has 0 bridgehead atoms. The van der Waals surface area contributed by atoms with Crippen LogP contribution in [-0.2, 0) is 11.3 Å². The Balaban J connectivity index is 1.85. The Morgan fingerprint density at radius 1 is 1.27 bits per heavy atom. The average molecular weight is 361 g/mol. The van der Waals surface area contributed by atoms with Crippen molar-refractivity contribution in [3.8, 4) is 0 Å². The monoisotopic (exact) mass is 361 g/mol. The van der Waals surface area contributed by atoms with Crippen LogP contribution in [0.4, 0.5) is 25.0 Å². The second-order valence-corrected chi connectivity index (χ2v) is 6.19. The third kappa shape index (κ3) is 4.11. The number of benzene rings is 2. The van der Waals surface area contributed by atoms with Crippen LogP contribution >= 0.6 is 0 Å². The molecule has 0 aromatic heterocycles. The molecule has 1 heterocycles. The van der Waals surface area contributed by atoms with Crippen molar-refractivity contribution in [1.29, 1.82) is 0 Å². The summed E-state index contributed by atoms with van der Waals surface area (Å²) in [5.74, 6) is -0.522. The smallest absolute Gasteiger partial charge is 0.415 e. The van der Waals surface area contributed by atoms with Gasteiger partial charge in [-0.15, -0.1) is 0 Å². The number of rotatable bonds is 4. The Morgan fingerprint density at radius 3 is 2.73 bits per heavy atom. The molecule has 1 fully saturated rings. The van der Waals surface area contributed by atoms with Crippen LogP contribution in [-0.4, -0.2) is 31.4 Å². The molecule has 0 spiro atoms. The van der Waals surface area contributed by atoms with E-state index in [0.29, 0.717) is 13.0 Å². The van der Waals surface area contributed by atoms with Crippen LogP contribution in [0.25, 0.3) is 0 Å². The second kappa shape index (κ2) is 8.14. The molecule has 7 heteroatoms. The molecule has 1 aliphatic rings. The number of alkyl halides is 1. The van der Waals surface area contributed by atoms with Gasteiger partial charge in [0.15, 0.2) is 0 Å². The van der Waals surface area contributed by atoms with Crippen molar-refractivity contribution in [2.24, 2.45) is 0 Å². The van der Waals surface area contributed by atoms with E-state index in [0.717, 1.165) is 11.6 Å². The number of hydrogen-bond acceptors (Lipinski definition) is 4. The van der Waals surface area contributed by atoms with E-state index in [1.54, 1.807) is 0 Å². The Morgan fingerprint density at radius 2 is 2.04 bits per heavy atom. The zero-order valence-corrected chi connectivity index (χ0v) is 14.2. The fourth-order valence-electron chi connectivity index (χ4n) is 3.04. The lowest BCUT2D eigenvalue weighted by Gasteiger charge is -2.36. The number of nitrogens with zero attached hydrogens (tertiary/aromatic N) is 1. The van der Waals surface area contributed by atoms with E-state index in [4.69, 9.17) is 10.5 Å². The van der Waals surface area contributed by atoms with Crippen LogP contribution < -0.4 is 16.0 Å². The second-order valence-electron chi connectivity index (χ2n) is 6.19. The third-order valence-electron chi connectivity index (χ3n) is 4.36. The fraction of sp³-hybridized carbons (Fsp3) is 0.316. The van der Waals surface area contributed by atoms with E-state index in [9.17, 15) is 13.6 Å². The molecule has 1 amide bonds. The predicted molar refractivity (Wildman–Crippen MR) is 96.1 cm³/mol. The highest BCUT2D eigenvalue weighted by Crippen LogP contribution is 2.30. The van der Waals surface area contributed by atoms with E-state index in [1.165, 1.54) is 17.0 Å². The predicted octanol–water partition coefficient (Wildman–Crippen LogP) is 3.25. The summed E-state index contributed by atoms with van der Waals surface area (Å²) in [6.07, 6.45) is -1.59. The zero-order valence-electron chi connectivity index (χ0n) is 14.2. The standard InChI is InChI=1S/C19H21F2N3O2/c20-14-6-7-18(16(22)10-14)24(17-8-9-23-11-15(17)21)19(25)26-12-13-4-2-1-3-5-13/h1-7,10,15,17,23H,8-9,11-12,22H2/t15-,17+/m0/s1. The van der Waals surface area contributed by atoms with Gasteiger partial charge >= 0.3 is 6.09 Å². The van der Waals surface area contributed by atoms with E-state index in [2.05, 4.69) is 5.32 Å². The highest BCUT2D eigenvalue weighted by atomic mass is 19.1. The largest absolute Gasteiger partial charge is 0.444 e. The first-order chi connectivity index (χ1) is 12.6. The van der Waals surface area contributed by atoms with Gasteiger partial charge in [0.2, 0.25) is 0 Å². The molecular weight excluding hydrogens is 340 g/mol. The maximum absolute atomic E-state index is 14.5. The van der Waals surface area contributed by atoms with Gasteiger partial charge in [0, 0.05) is 6.54 Å². The van der Waals surface area contributed by atoms with Crippen molar-refractivity contribution < 1.29 is 18.3 Å². The van der Waals surface area contributed by atoms with Crippen molar-refractivity contribution in [2.75, 3.05) is 23.7 Å². The Bertz CT molecular complexity index is 758. The quantitative estimate of drug-likeness (QED) is 0.821. The van der Waals surface area contributed by atoms with Gasteiger partial charge in [-0.3, -0.25) is 4.90 Å². The topological polar surface area (TPSA) is 67.6 Å². The van der Waals surface area contributed by atoms with Gasteiger partial charge in [-0.25, -0.2) is 13.6 Å². The highest BCUT2D eigenvalue weighted by Gasteiger charge is 2.36. The van der Waals surface area contributed by atoms with Crippen LogP contribution in [0.15, 0.2) is 48.5 Å². The fourth-order valence-corrected chi connectivity index (χ4v) is 3.04. The summed E-state index contributed by atoms with van der Waals surface area (Å²) >= 11 is 0. The van der Waals surface area contributed by atoms with Crippen molar-refractivity contribution >= 4 is 17.5 Å². The number of piperidine rings is 1. The number of halogens is 2. The molecule has 2 aromatic rings. The number of nitrogens with one attached hydrogen (secondary N) is 1. The lowest BCUT2D eigenvalue weighted by atomic mass is 10.0. The summed E-state index contributed by atoms with van der Waals surface area (Å²) in [4.78, 5) is 14.0. The summed E-state index contributed by atoms with van der Waals surface area (Å²) < 4.78 is 33.3. The number of carbonyl (C=O) groups is 1. The molecule has 0 aliphatic carbocycles. The summed E-state index contributed by atoms with van der Waals surface area (Å²) in [6, 6.07) is 12.1. The lowest BCUT2D eigenvalue weighted by Crippen LogP contribution is -2.53. The third-order valence-corrected chi connectivity index (χ3v) is 4.36. The van der Waals surface area contributed by atoms with Crippen molar-refractivity contribution in [3.63, 3.8) is 0 Å². The molecule has 2 aromatic carbocycles. The van der Waals surface area contributed by atoms with E-state index >= 15 is 0 Å². The van der Waals surface area contributed by atoms with Crippen LogP contribution in [0.2, 0.25) is 0 Å². The van der Waals surface area contributed by atoms with Gasteiger partial charge in [0.05, 0.1) is 17.4 Å². The van der Waals surface area contributed by atoms with Gasteiger partial charge in [0.1, 0.15) is 18.6 Å². The number of nitrogen functional groups attached to an aromatic ring is 1. The van der Waals surface area contributed by atoms with Gasteiger partial charge in [-0.2, -0.15) is 0 Å². The van der Waals surface area contributed by atoms with E-state index in [-0.39, 0.29) is 24.5 Å². The zero-order chi connectivity index (χ0) is 18.5. The molecule has 138 valence electrons. The maximum Gasteiger partial charge on any atom is 0.415 e. The minimum Gasteiger partial charge on any atom is -0.444 e. The minimum atomic E-state index is -1.28. The molecule has 0 radical (unpaired) electrons.